The molecule has 29 heavy (non-hydrogen) atoms. The number of hydrogen-bond acceptors (Lipinski definition) is 5. The molecule has 0 radical (unpaired) electrons. The summed E-state index contributed by atoms with van der Waals surface area (Å²) in [6, 6.07) is 17.1. The van der Waals surface area contributed by atoms with Gasteiger partial charge in [0.15, 0.2) is 16.7 Å². The van der Waals surface area contributed by atoms with Gasteiger partial charge in [-0.05, 0) is 36.8 Å². The number of carbonyl (C=O) groups excluding carboxylic acids is 1. The SMILES string of the molecule is C[C@H](NC(=O)CSc1nnc(-c2cc3cc(Cl)ccc3o2)n1C)c1ccccc1. The molecule has 0 bridgehead atoms. The summed E-state index contributed by atoms with van der Waals surface area (Å²) in [5.41, 5.74) is 1.80. The van der Waals surface area contributed by atoms with Gasteiger partial charge in [0.05, 0.1) is 11.8 Å². The molecule has 2 aromatic heterocycles. The van der Waals surface area contributed by atoms with E-state index in [1.165, 1.54) is 11.8 Å². The number of amides is 1. The Morgan fingerprint density at radius 2 is 2.00 bits per heavy atom. The van der Waals surface area contributed by atoms with Crippen LogP contribution in [0.15, 0.2) is 64.2 Å². The molecule has 4 rings (SSSR count). The van der Waals surface area contributed by atoms with E-state index in [-0.39, 0.29) is 17.7 Å². The van der Waals surface area contributed by atoms with Crippen molar-refractivity contribution in [2.24, 2.45) is 7.05 Å². The second-order valence-corrected chi connectivity index (χ2v) is 8.03. The van der Waals surface area contributed by atoms with Crippen LogP contribution in [0.2, 0.25) is 5.02 Å². The van der Waals surface area contributed by atoms with E-state index in [0.717, 1.165) is 16.5 Å². The van der Waals surface area contributed by atoms with Crippen molar-refractivity contribution in [3.8, 4) is 11.6 Å². The number of nitrogens with zero attached hydrogens (tertiary/aromatic N) is 3. The van der Waals surface area contributed by atoms with Crippen molar-refractivity contribution in [3.05, 3.63) is 65.2 Å². The molecule has 1 atom stereocenters. The van der Waals surface area contributed by atoms with Crippen LogP contribution in [0.25, 0.3) is 22.6 Å². The van der Waals surface area contributed by atoms with E-state index >= 15 is 0 Å². The van der Waals surface area contributed by atoms with Gasteiger partial charge in [0.25, 0.3) is 0 Å². The highest BCUT2D eigenvalue weighted by Gasteiger charge is 2.17. The zero-order chi connectivity index (χ0) is 20.4. The van der Waals surface area contributed by atoms with Crippen LogP contribution in [0.3, 0.4) is 0 Å². The molecule has 0 fully saturated rings. The standard InChI is InChI=1S/C21H19ClN4O2S/c1-13(14-6-4-3-5-7-14)23-19(27)12-29-21-25-24-20(26(21)2)18-11-15-10-16(22)8-9-17(15)28-18/h3-11,13H,12H2,1-2H3,(H,23,27)/t13-/m0/s1. The van der Waals surface area contributed by atoms with Crippen molar-refractivity contribution < 1.29 is 9.21 Å². The van der Waals surface area contributed by atoms with E-state index < -0.39 is 0 Å². The molecule has 1 amide bonds. The van der Waals surface area contributed by atoms with Crippen molar-refractivity contribution in [2.75, 3.05) is 5.75 Å². The van der Waals surface area contributed by atoms with E-state index in [4.69, 9.17) is 16.0 Å². The van der Waals surface area contributed by atoms with Crippen LogP contribution in [0, 0.1) is 0 Å². The number of carbonyl (C=O) groups is 1. The second-order valence-electron chi connectivity index (χ2n) is 6.65. The largest absolute Gasteiger partial charge is 0.453 e. The van der Waals surface area contributed by atoms with Gasteiger partial charge in [-0.1, -0.05) is 53.7 Å². The van der Waals surface area contributed by atoms with E-state index in [1.807, 2.05) is 67.1 Å². The minimum Gasteiger partial charge on any atom is -0.453 e. The maximum atomic E-state index is 12.3. The average Bonchev–Trinajstić information content (AvgIpc) is 3.29. The Morgan fingerprint density at radius 3 is 2.79 bits per heavy atom. The quantitative estimate of drug-likeness (QED) is 0.446. The molecule has 0 spiro atoms. The molecule has 148 valence electrons. The van der Waals surface area contributed by atoms with Crippen LogP contribution < -0.4 is 5.32 Å². The predicted molar refractivity (Wildman–Crippen MR) is 115 cm³/mol. The first-order valence-electron chi connectivity index (χ1n) is 9.07. The second kappa shape index (κ2) is 8.31. The lowest BCUT2D eigenvalue weighted by molar-refractivity contribution is -0.119. The van der Waals surface area contributed by atoms with Gasteiger partial charge in [-0.25, -0.2) is 0 Å². The summed E-state index contributed by atoms with van der Waals surface area (Å²) in [5, 5.41) is 13.6. The van der Waals surface area contributed by atoms with Gasteiger partial charge in [-0.3, -0.25) is 4.79 Å². The fraction of sp³-hybridized carbons (Fsp3) is 0.190. The molecule has 0 aliphatic rings. The van der Waals surface area contributed by atoms with Gasteiger partial charge in [-0.15, -0.1) is 10.2 Å². The average molecular weight is 427 g/mol. The molecule has 4 aromatic rings. The van der Waals surface area contributed by atoms with E-state index in [2.05, 4.69) is 15.5 Å². The van der Waals surface area contributed by atoms with Gasteiger partial charge in [-0.2, -0.15) is 0 Å². The van der Waals surface area contributed by atoms with Gasteiger partial charge in [0.1, 0.15) is 5.58 Å². The monoisotopic (exact) mass is 426 g/mol. The number of aromatic nitrogens is 3. The summed E-state index contributed by atoms with van der Waals surface area (Å²) in [5.74, 6) is 1.39. The predicted octanol–water partition coefficient (Wildman–Crippen LogP) is 4.85. The van der Waals surface area contributed by atoms with Crippen LogP contribution in [0.5, 0.6) is 0 Å². The molecule has 8 heteroatoms. The van der Waals surface area contributed by atoms with Crippen LogP contribution in [-0.2, 0) is 11.8 Å². The van der Waals surface area contributed by atoms with Crippen LogP contribution in [-0.4, -0.2) is 26.4 Å². The number of thioether (sulfide) groups is 1. The minimum atomic E-state index is -0.0608. The third kappa shape index (κ3) is 4.31. The first-order valence-corrected chi connectivity index (χ1v) is 10.4. The molecular formula is C21H19ClN4O2S. The topological polar surface area (TPSA) is 73.0 Å². The molecule has 0 unspecified atom stereocenters. The van der Waals surface area contributed by atoms with Gasteiger partial charge >= 0.3 is 0 Å². The number of rotatable bonds is 6. The maximum Gasteiger partial charge on any atom is 0.230 e. The number of furan rings is 1. The molecule has 0 aliphatic heterocycles. The number of halogens is 1. The summed E-state index contributed by atoms with van der Waals surface area (Å²) < 4.78 is 7.68. The molecule has 0 saturated heterocycles. The fourth-order valence-corrected chi connectivity index (χ4v) is 3.92. The Hall–Kier alpha value is -2.77. The Balaban J connectivity index is 1.42. The molecule has 0 saturated carbocycles. The molecular weight excluding hydrogens is 408 g/mol. The zero-order valence-corrected chi connectivity index (χ0v) is 17.5. The van der Waals surface area contributed by atoms with Crippen LogP contribution >= 0.6 is 23.4 Å². The number of benzene rings is 2. The van der Waals surface area contributed by atoms with Crippen LogP contribution in [0.4, 0.5) is 0 Å². The highest BCUT2D eigenvalue weighted by atomic mass is 35.5. The lowest BCUT2D eigenvalue weighted by Gasteiger charge is -2.13. The van der Waals surface area contributed by atoms with Gasteiger partial charge in [0, 0.05) is 17.5 Å². The Bertz CT molecular complexity index is 1160. The summed E-state index contributed by atoms with van der Waals surface area (Å²) in [6.07, 6.45) is 0. The van der Waals surface area contributed by atoms with Crippen molar-refractivity contribution >= 4 is 40.2 Å². The van der Waals surface area contributed by atoms with E-state index in [1.54, 1.807) is 6.07 Å². The summed E-state index contributed by atoms with van der Waals surface area (Å²) >= 11 is 7.37. The highest BCUT2D eigenvalue weighted by molar-refractivity contribution is 7.99. The maximum absolute atomic E-state index is 12.3. The lowest BCUT2D eigenvalue weighted by atomic mass is 10.1. The number of hydrogen-bond donors (Lipinski definition) is 1. The lowest BCUT2D eigenvalue weighted by Crippen LogP contribution is -2.28. The fourth-order valence-electron chi connectivity index (χ4n) is 3.02. The first kappa shape index (κ1) is 19.5. The van der Waals surface area contributed by atoms with Gasteiger partial charge in [0.2, 0.25) is 5.91 Å². The summed E-state index contributed by atoms with van der Waals surface area (Å²) in [6.45, 7) is 1.96. The highest BCUT2D eigenvalue weighted by Crippen LogP contribution is 2.30. The van der Waals surface area contributed by atoms with Crippen molar-refractivity contribution in [2.45, 2.75) is 18.1 Å². The van der Waals surface area contributed by atoms with Crippen molar-refractivity contribution in [1.82, 2.24) is 20.1 Å². The van der Waals surface area contributed by atoms with Crippen molar-refractivity contribution in [3.63, 3.8) is 0 Å². The molecule has 6 nitrogen and oxygen atoms in total. The molecule has 2 aromatic carbocycles. The third-order valence-electron chi connectivity index (χ3n) is 4.54. The molecule has 1 N–H and O–H groups in total. The smallest absolute Gasteiger partial charge is 0.230 e. The minimum absolute atomic E-state index is 0.0540. The molecule has 2 heterocycles. The Labute approximate surface area is 177 Å². The normalized spacial score (nSPS) is 12.2. The molecule has 0 aliphatic carbocycles. The third-order valence-corrected chi connectivity index (χ3v) is 5.80. The summed E-state index contributed by atoms with van der Waals surface area (Å²) in [4.78, 5) is 12.3. The zero-order valence-electron chi connectivity index (χ0n) is 15.9. The Morgan fingerprint density at radius 1 is 1.21 bits per heavy atom. The first-order chi connectivity index (χ1) is 14.0. The summed E-state index contributed by atoms with van der Waals surface area (Å²) in [7, 11) is 1.85. The van der Waals surface area contributed by atoms with Gasteiger partial charge < -0.3 is 14.3 Å². The number of nitrogens with one attached hydrogen (secondary N) is 1. The Kier molecular flexibility index (Phi) is 5.60. The van der Waals surface area contributed by atoms with E-state index in [9.17, 15) is 4.79 Å². The van der Waals surface area contributed by atoms with Crippen molar-refractivity contribution in [1.29, 1.82) is 0 Å². The van der Waals surface area contributed by atoms with E-state index in [0.29, 0.717) is 21.8 Å². The number of fused-ring (bicyclic) bond motifs is 1. The van der Waals surface area contributed by atoms with Crippen LogP contribution in [0.1, 0.15) is 18.5 Å².